The van der Waals surface area contributed by atoms with Crippen molar-refractivity contribution in [3.05, 3.63) is 95.6 Å². The molecule has 0 atom stereocenters. The molecule has 1 aliphatic carbocycles. The van der Waals surface area contributed by atoms with Crippen molar-refractivity contribution in [1.29, 1.82) is 0 Å². The molecule has 1 saturated carbocycles. The maximum absolute atomic E-state index is 12.9. The van der Waals surface area contributed by atoms with Gasteiger partial charge in [0.15, 0.2) is 0 Å². The summed E-state index contributed by atoms with van der Waals surface area (Å²) >= 11 is 0. The van der Waals surface area contributed by atoms with Gasteiger partial charge in [-0.05, 0) is 55.3 Å². The van der Waals surface area contributed by atoms with Crippen LogP contribution in [0.2, 0.25) is 0 Å². The van der Waals surface area contributed by atoms with Crippen LogP contribution in [0.15, 0.2) is 78.9 Å². The molecule has 6 nitrogen and oxygen atoms in total. The Kier molecular flexibility index (Phi) is 5.57. The van der Waals surface area contributed by atoms with Gasteiger partial charge in [-0.25, -0.2) is 0 Å². The number of carbonyl (C=O) groups is 3. The molecule has 3 aromatic rings. The third kappa shape index (κ3) is 4.72. The maximum Gasteiger partial charge on any atom is 0.257 e. The van der Waals surface area contributed by atoms with Crippen molar-refractivity contribution in [1.82, 2.24) is 5.32 Å². The van der Waals surface area contributed by atoms with Gasteiger partial charge in [-0.15, -0.1) is 0 Å². The normalized spacial score (nSPS) is 12.7. The van der Waals surface area contributed by atoms with E-state index in [1.54, 1.807) is 72.8 Å². The lowest BCUT2D eigenvalue weighted by Crippen LogP contribution is -2.25. The lowest BCUT2D eigenvalue weighted by atomic mass is 10.1. The molecule has 3 aromatic carbocycles. The Hall–Kier alpha value is -3.93. The average molecular weight is 399 g/mol. The van der Waals surface area contributed by atoms with E-state index in [2.05, 4.69) is 16.0 Å². The minimum absolute atomic E-state index is 0.149. The molecule has 150 valence electrons. The Morgan fingerprint density at radius 2 is 1.37 bits per heavy atom. The molecule has 0 aromatic heterocycles. The highest BCUT2D eigenvalue weighted by molar-refractivity contribution is 6.12. The van der Waals surface area contributed by atoms with E-state index in [1.807, 2.05) is 6.07 Å². The summed E-state index contributed by atoms with van der Waals surface area (Å²) in [6.07, 6.45) is 2.02. The molecule has 1 fully saturated rings. The summed E-state index contributed by atoms with van der Waals surface area (Å²) in [5.41, 5.74) is 2.24. The van der Waals surface area contributed by atoms with Crippen LogP contribution in [0.4, 0.5) is 11.4 Å². The first-order valence-corrected chi connectivity index (χ1v) is 9.78. The minimum Gasteiger partial charge on any atom is -0.349 e. The van der Waals surface area contributed by atoms with E-state index in [0.29, 0.717) is 28.1 Å². The van der Waals surface area contributed by atoms with Crippen LogP contribution < -0.4 is 16.0 Å². The van der Waals surface area contributed by atoms with Gasteiger partial charge in [0.05, 0.1) is 11.3 Å². The summed E-state index contributed by atoms with van der Waals surface area (Å²) < 4.78 is 0. The molecule has 30 heavy (non-hydrogen) atoms. The maximum atomic E-state index is 12.9. The Balaban J connectivity index is 1.49. The minimum atomic E-state index is -0.376. The van der Waals surface area contributed by atoms with Gasteiger partial charge in [-0.2, -0.15) is 0 Å². The number of benzene rings is 3. The Bertz CT molecular complexity index is 1090. The number of hydrogen-bond donors (Lipinski definition) is 3. The summed E-state index contributed by atoms with van der Waals surface area (Å²) in [6.45, 7) is 0. The second-order valence-electron chi connectivity index (χ2n) is 7.15. The van der Waals surface area contributed by atoms with Gasteiger partial charge < -0.3 is 16.0 Å². The molecule has 1 aliphatic rings. The van der Waals surface area contributed by atoms with Gasteiger partial charge in [0.25, 0.3) is 17.7 Å². The van der Waals surface area contributed by atoms with E-state index in [9.17, 15) is 14.4 Å². The van der Waals surface area contributed by atoms with E-state index in [0.717, 1.165) is 12.8 Å². The highest BCUT2D eigenvalue weighted by Crippen LogP contribution is 2.21. The summed E-state index contributed by atoms with van der Waals surface area (Å²) in [4.78, 5) is 37.6. The number of carbonyl (C=O) groups excluding carboxylic acids is 3. The third-order valence-electron chi connectivity index (χ3n) is 4.75. The first kappa shape index (κ1) is 19.4. The molecule has 3 N–H and O–H groups in total. The zero-order valence-corrected chi connectivity index (χ0v) is 16.2. The molecule has 0 unspecified atom stereocenters. The van der Waals surface area contributed by atoms with Gasteiger partial charge in [-0.3, -0.25) is 14.4 Å². The standard InChI is InChI=1S/C24H21N3O3/c28-22(16-7-2-1-3-8-16)27-21-12-5-4-11-20(21)24(30)26-19-10-6-9-17(15-19)23(29)25-18-13-14-18/h1-12,15,18H,13-14H2,(H,25,29)(H,26,30)(H,27,28). The molecule has 0 saturated heterocycles. The molecular weight excluding hydrogens is 378 g/mol. The van der Waals surface area contributed by atoms with Crippen molar-refractivity contribution < 1.29 is 14.4 Å². The van der Waals surface area contributed by atoms with E-state index >= 15 is 0 Å². The van der Waals surface area contributed by atoms with Crippen LogP contribution in [0, 0.1) is 0 Å². The molecule has 0 radical (unpaired) electrons. The summed E-state index contributed by atoms with van der Waals surface area (Å²) in [6, 6.07) is 22.6. The highest BCUT2D eigenvalue weighted by atomic mass is 16.2. The Morgan fingerprint density at radius 3 is 2.13 bits per heavy atom. The van der Waals surface area contributed by atoms with Crippen LogP contribution in [0.5, 0.6) is 0 Å². The summed E-state index contributed by atoms with van der Waals surface area (Å²) in [5.74, 6) is -0.822. The van der Waals surface area contributed by atoms with Crippen molar-refractivity contribution >= 4 is 29.1 Å². The second kappa shape index (κ2) is 8.61. The van der Waals surface area contributed by atoms with Crippen LogP contribution in [-0.2, 0) is 0 Å². The molecular formula is C24H21N3O3. The van der Waals surface area contributed by atoms with Crippen LogP contribution in [0.25, 0.3) is 0 Å². The SMILES string of the molecule is O=C(Nc1ccccc1C(=O)Nc1cccc(C(=O)NC2CC2)c1)c1ccccc1. The van der Waals surface area contributed by atoms with Crippen molar-refractivity contribution in [2.45, 2.75) is 18.9 Å². The molecule has 6 heteroatoms. The van der Waals surface area contributed by atoms with Gasteiger partial charge in [0.2, 0.25) is 0 Å². The van der Waals surface area contributed by atoms with Crippen LogP contribution in [0.3, 0.4) is 0 Å². The largest absolute Gasteiger partial charge is 0.349 e. The number of hydrogen-bond acceptors (Lipinski definition) is 3. The Labute approximate surface area is 174 Å². The third-order valence-corrected chi connectivity index (χ3v) is 4.75. The van der Waals surface area contributed by atoms with E-state index in [4.69, 9.17) is 0 Å². The number of nitrogens with one attached hydrogen (secondary N) is 3. The van der Waals surface area contributed by atoms with Crippen molar-refractivity contribution in [3.63, 3.8) is 0 Å². The fourth-order valence-corrected chi connectivity index (χ4v) is 3.01. The quantitative estimate of drug-likeness (QED) is 0.584. The van der Waals surface area contributed by atoms with Crippen LogP contribution in [-0.4, -0.2) is 23.8 Å². The van der Waals surface area contributed by atoms with E-state index < -0.39 is 0 Å². The van der Waals surface area contributed by atoms with Gasteiger partial charge in [-0.1, -0.05) is 36.4 Å². The predicted octanol–water partition coefficient (Wildman–Crippen LogP) is 4.08. The van der Waals surface area contributed by atoms with Crippen molar-refractivity contribution in [2.24, 2.45) is 0 Å². The molecule has 0 bridgehead atoms. The second-order valence-corrected chi connectivity index (χ2v) is 7.15. The lowest BCUT2D eigenvalue weighted by molar-refractivity contribution is 0.0948. The molecule has 0 spiro atoms. The fraction of sp³-hybridized carbons (Fsp3) is 0.125. The monoisotopic (exact) mass is 399 g/mol. The van der Waals surface area contributed by atoms with E-state index in [-0.39, 0.29) is 23.8 Å². The number of amides is 3. The van der Waals surface area contributed by atoms with Gasteiger partial charge in [0, 0.05) is 22.9 Å². The van der Waals surface area contributed by atoms with Crippen LogP contribution in [0.1, 0.15) is 43.9 Å². The summed E-state index contributed by atoms with van der Waals surface area (Å²) in [5, 5.41) is 8.52. The van der Waals surface area contributed by atoms with Gasteiger partial charge >= 0.3 is 0 Å². The van der Waals surface area contributed by atoms with Crippen LogP contribution >= 0.6 is 0 Å². The van der Waals surface area contributed by atoms with E-state index in [1.165, 1.54) is 0 Å². The summed E-state index contributed by atoms with van der Waals surface area (Å²) in [7, 11) is 0. The lowest BCUT2D eigenvalue weighted by Gasteiger charge is -2.12. The predicted molar refractivity (Wildman–Crippen MR) is 116 cm³/mol. The Morgan fingerprint density at radius 1 is 0.667 bits per heavy atom. The fourth-order valence-electron chi connectivity index (χ4n) is 3.01. The zero-order valence-electron chi connectivity index (χ0n) is 16.2. The number of para-hydroxylation sites is 1. The molecule has 3 amide bonds. The van der Waals surface area contributed by atoms with Crippen molar-refractivity contribution in [3.8, 4) is 0 Å². The van der Waals surface area contributed by atoms with Crippen molar-refractivity contribution in [2.75, 3.05) is 10.6 Å². The van der Waals surface area contributed by atoms with Gasteiger partial charge in [0.1, 0.15) is 0 Å². The molecule has 4 rings (SSSR count). The first-order valence-electron chi connectivity index (χ1n) is 9.78. The highest BCUT2D eigenvalue weighted by Gasteiger charge is 2.24. The molecule has 0 heterocycles. The zero-order chi connectivity index (χ0) is 20.9. The molecule has 0 aliphatic heterocycles. The average Bonchev–Trinajstić information content (AvgIpc) is 3.59. The topological polar surface area (TPSA) is 87.3 Å². The number of rotatable bonds is 6. The number of anilines is 2. The first-order chi connectivity index (χ1) is 14.6. The smallest absolute Gasteiger partial charge is 0.257 e.